The molecule has 23 heavy (non-hydrogen) atoms. The molecule has 0 aliphatic heterocycles. The molecule has 0 spiro atoms. The molecule has 0 bridgehead atoms. The number of hydrogen-bond donors (Lipinski definition) is 1. The van der Waals surface area contributed by atoms with Gasteiger partial charge in [-0.05, 0) is 48.5 Å². The topological polar surface area (TPSA) is 90.9 Å². The van der Waals surface area contributed by atoms with Gasteiger partial charge in [-0.15, -0.1) is 0 Å². The van der Waals surface area contributed by atoms with Crippen molar-refractivity contribution in [2.75, 3.05) is 6.61 Å². The first-order valence-corrected chi connectivity index (χ1v) is 7.24. The van der Waals surface area contributed by atoms with Gasteiger partial charge in [-0.2, -0.15) is 0 Å². The Morgan fingerprint density at radius 2 is 1.48 bits per heavy atom. The summed E-state index contributed by atoms with van der Waals surface area (Å²) < 4.78 is 10.0. The number of carbonyl (C=O) groups is 3. The van der Waals surface area contributed by atoms with Gasteiger partial charge >= 0.3 is 11.9 Å². The molecule has 1 unspecified atom stereocenters. The van der Waals surface area contributed by atoms with Crippen molar-refractivity contribution in [1.82, 2.24) is 5.48 Å². The largest absolute Gasteiger partial charge is 0.460 e. The lowest BCUT2D eigenvalue weighted by atomic mass is 9.89. The van der Waals surface area contributed by atoms with Crippen LogP contribution in [0.15, 0.2) is 12.7 Å². The van der Waals surface area contributed by atoms with Crippen LogP contribution < -0.4 is 5.48 Å². The van der Waals surface area contributed by atoms with Crippen LogP contribution in [-0.2, 0) is 28.7 Å². The third-order valence-corrected chi connectivity index (χ3v) is 2.45. The smallest absolute Gasteiger partial charge is 0.333 e. The van der Waals surface area contributed by atoms with E-state index in [1.807, 2.05) is 0 Å². The molecule has 0 heterocycles. The molecule has 1 atom stereocenters. The number of carbonyl (C=O) groups excluding carboxylic acids is 3. The maximum Gasteiger partial charge on any atom is 0.333 e. The van der Waals surface area contributed by atoms with Crippen molar-refractivity contribution in [2.45, 2.75) is 59.7 Å². The Balaban J connectivity index is 5.43. The number of nitrogens with one attached hydrogen (secondary N) is 1. The number of hydrogen-bond acceptors (Lipinski definition) is 6. The van der Waals surface area contributed by atoms with Crippen LogP contribution in [0.1, 0.15) is 48.5 Å². The van der Waals surface area contributed by atoms with Crippen molar-refractivity contribution in [3.63, 3.8) is 0 Å². The Hall–Kier alpha value is -1.89. The van der Waals surface area contributed by atoms with Gasteiger partial charge in [0.1, 0.15) is 12.2 Å². The number of hydroxylamine groups is 1. The quantitative estimate of drug-likeness (QED) is 0.346. The summed E-state index contributed by atoms with van der Waals surface area (Å²) in [7, 11) is 0. The minimum Gasteiger partial charge on any atom is -0.460 e. The van der Waals surface area contributed by atoms with Crippen molar-refractivity contribution in [3.05, 3.63) is 12.7 Å². The van der Waals surface area contributed by atoms with Crippen LogP contribution in [-0.4, -0.2) is 35.7 Å². The van der Waals surface area contributed by atoms with E-state index in [1.165, 1.54) is 6.08 Å². The van der Waals surface area contributed by atoms with E-state index in [2.05, 4.69) is 12.1 Å². The normalized spacial score (nSPS) is 14.4. The van der Waals surface area contributed by atoms with Crippen LogP contribution in [0, 0.1) is 5.41 Å². The van der Waals surface area contributed by atoms with Crippen molar-refractivity contribution < 1.29 is 28.7 Å². The minimum absolute atomic E-state index is 0.134. The molecule has 1 N–H and O–H groups in total. The number of ether oxygens (including phenoxy) is 2. The highest BCUT2D eigenvalue weighted by Crippen LogP contribution is 2.25. The Bertz CT molecular complexity index is 472. The van der Waals surface area contributed by atoms with E-state index < -0.39 is 34.5 Å². The van der Waals surface area contributed by atoms with Crippen molar-refractivity contribution >= 4 is 17.8 Å². The SMILES string of the molecule is C=CCOC(=O)C(C)(C(=O)NOC(C)(C)C)C(=O)OC(C)(C)C. The molecule has 0 saturated heterocycles. The third-order valence-electron chi connectivity index (χ3n) is 2.45. The standard InChI is InChI=1S/C16H27NO6/c1-9-10-21-12(19)16(8,13(20)22-14(2,3)4)11(18)17-23-15(5,6)7/h9H,1,10H2,2-8H3,(H,17,18). The van der Waals surface area contributed by atoms with Crippen LogP contribution in [0.25, 0.3) is 0 Å². The van der Waals surface area contributed by atoms with Crippen molar-refractivity contribution in [2.24, 2.45) is 5.41 Å². The zero-order valence-corrected chi connectivity index (χ0v) is 14.9. The van der Waals surface area contributed by atoms with Gasteiger partial charge in [0.15, 0.2) is 0 Å². The van der Waals surface area contributed by atoms with E-state index in [4.69, 9.17) is 14.3 Å². The highest BCUT2D eigenvalue weighted by atomic mass is 16.7. The van der Waals surface area contributed by atoms with Gasteiger partial charge in [0.25, 0.3) is 5.91 Å². The van der Waals surface area contributed by atoms with Crippen molar-refractivity contribution in [3.8, 4) is 0 Å². The van der Waals surface area contributed by atoms with E-state index in [0.29, 0.717) is 0 Å². The lowest BCUT2D eigenvalue weighted by molar-refractivity contribution is -0.186. The third kappa shape index (κ3) is 6.81. The maximum atomic E-state index is 12.4. The Kier molecular flexibility index (Phi) is 6.96. The molecular weight excluding hydrogens is 302 g/mol. The monoisotopic (exact) mass is 329 g/mol. The van der Waals surface area contributed by atoms with Gasteiger partial charge in [-0.25, -0.2) is 5.48 Å². The summed E-state index contributed by atoms with van der Waals surface area (Å²) in [6.07, 6.45) is 1.33. The molecule has 0 aromatic carbocycles. The lowest BCUT2D eigenvalue weighted by Crippen LogP contribution is -2.53. The predicted molar refractivity (Wildman–Crippen MR) is 84.1 cm³/mol. The summed E-state index contributed by atoms with van der Waals surface area (Å²) in [4.78, 5) is 42.1. The molecule has 132 valence electrons. The summed E-state index contributed by atoms with van der Waals surface area (Å²) in [5, 5.41) is 0. The Morgan fingerprint density at radius 1 is 0.957 bits per heavy atom. The molecule has 0 aliphatic rings. The fourth-order valence-electron chi connectivity index (χ4n) is 1.23. The zero-order valence-electron chi connectivity index (χ0n) is 14.9. The maximum absolute atomic E-state index is 12.4. The van der Waals surface area contributed by atoms with Crippen LogP contribution in [0.5, 0.6) is 0 Å². The Morgan fingerprint density at radius 3 is 1.87 bits per heavy atom. The second-order valence-electron chi connectivity index (χ2n) is 7.16. The molecule has 0 rings (SSSR count). The number of amides is 1. The molecule has 0 aromatic rings. The fraction of sp³-hybridized carbons (Fsp3) is 0.688. The van der Waals surface area contributed by atoms with E-state index in [1.54, 1.807) is 41.5 Å². The first-order valence-electron chi connectivity index (χ1n) is 7.24. The van der Waals surface area contributed by atoms with Crippen LogP contribution >= 0.6 is 0 Å². The molecule has 0 radical (unpaired) electrons. The molecule has 1 amide bonds. The second kappa shape index (κ2) is 7.59. The lowest BCUT2D eigenvalue weighted by Gasteiger charge is -2.29. The predicted octanol–water partition coefficient (Wildman–Crippen LogP) is 1.91. The van der Waals surface area contributed by atoms with Crippen LogP contribution in [0.2, 0.25) is 0 Å². The van der Waals surface area contributed by atoms with Gasteiger partial charge in [0, 0.05) is 0 Å². The van der Waals surface area contributed by atoms with Crippen LogP contribution in [0.4, 0.5) is 0 Å². The fourth-order valence-corrected chi connectivity index (χ4v) is 1.23. The average molecular weight is 329 g/mol. The summed E-state index contributed by atoms with van der Waals surface area (Å²) in [6.45, 7) is 14.4. The molecule has 0 aromatic heterocycles. The van der Waals surface area contributed by atoms with Gasteiger partial charge < -0.3 is 9.47 Å². The van der Waals surface area contributed by atoms with Crippen LogP contribution in [0.3, 0.4) is 0 Å². The molecule has 0 aliphatic carbocycles. The van der Waals surface area contributed by atoms with E-state index in [9.17, 15) is 14.4 Å². The second-order valence-corrected chi connectivity index (χ2v) is 7.16. The molecule has 7 nitrogen and oxygen atoms in total. The number of esters is 2. The van der Waals surface area contributed by atoms with E-state index in [-0.39, 0.29) is 6.61 Å². The summed E-state index contributed by atoms with van der Waals surface area (Å²) in [5.74, 6) is -3.02. The van der Waals surface area contributed by atoms with Gasteiger partial charge in [-0.3, -0.25) is 19.2 Å². The van der Waals surface area contributed by atoms with Crippen molar-refractivity contribution in [1.29, 1.82) is 0 Å². The highest BCUT2D eigenvalue weighted by Gasteiger charge is 2.53. The van der Waals surface area contributed by atoms with E-state index >= 15 is 0 Å². The van der Waals surface area contributed by atoms with Gasteiger partial charge in [-0.1, -0.05) is 12.7 Å². The average Bonchev–Trinajstić information content (AvgIpc) is 2.38. The molecular formula is C16H27NO6. The molecule has 0 saturated carbocycles. The van der Waals surface area contributed by atoms with E-state index in [0.717, 1.165) is 6.92 Å². The van der Waals surface area contributed by atoms with Gasteiger partial charge in [0.05, 0.1) is 5.60 Å². The number of rotatable bonds is 6. The minimum atomic E-state index is -2.19. The summed E-state index contributed by atoms with van der Waals surface area (Å²) in [5.41, 5.74) is -1.64. The summed E-state index contributed by atoms with van der Waals surface area (Å²) >= 11 is 0. The highest BCUT2D eigenvalue weighted by molar-refractivity contribution is 6.18. The summed E-state index contributed by atoms with van der Waals surface area (Å²) in [6, 6.07) is 0. The molecule has 7 heteroatoms. The Labute approximate surface area is 137 Å². The first-order chi connectivity index (χ1) is 10.2. The van der Waals surface area contributed by atoms with Gasteiger partial charge in [0.2, 0.25) is 5.41 Å². The zero-order chi connectivity index (χ0) is 18.5. The molecule has 0 fully saturated rings. The first kappa shape index (κ1) is 21.1.